The Bertz CT molecular complexity index is 7270. The maximum atomic E-state index is 12.9. The first-order chi connectivity index (χ1) is 62.6. The summed E-state index contributed by atoms with van der Waals surface area (Å²) in [5.74, 6) is -1.76. The standard InChI is InChI=1S/C20H12O4.C17H12ClNO2.C17H11ClO3S.C17H12O5.C17H12O3S.C16H15NO3/c1-2-18(21)23-13-8-9-15-17(11-13)24-16-10-7-12-5-3-4-6-14(12)19(16)20(15)22;1-2-16(20)19-10-11-7-8-12(18)9-14(11)17(21)13-5-3-4-6-15(13)19;1-2-15(19)21-10-7-8-11-13(9-10)16(20)12-5-3-4-6-14(12)22-17(11)18;1-3-16(18)21-11-5-7-14-13(8-11)17(19)12-6-4-10(20-2)9-15(12)22-14;1-2-15(18)20-17-12-8-4-3-7-11(12)16(19)13-9-5-6-10-14(13)21-17;1-5-15(18)20-13-7-6-12-9-17(4)11(3)10(2)16(19)14(12)8-13/h2-11H,1H2;2-9H,1,10H2;2-9,17H,1H2;3-9H,1H2,2H3;2-10,17H,1H2;5-8H,1-3,9H2,4H3. The third-order valence-corrected chi connectivity index (χ3v) is 23.3. The first-order valence-electron chi connectivity index (χ1n) is 39.4. The zero-order chi connectivity index (χ0) is 92.7. The maximum absolute atomic E-state index is 12.9. The predicted molar refractivity (Wildman–Crippen MR) is 503 cm³/mol. The van der Waals surface area contributed by atoms with Crippen molar-refractivity contribution in [1.82, 2.24) is 4.90 Å². The van der Waals surface area contributed by atoms with E-state index in [9.17, 15) is 57.5 Å². The van der Waals surface area contributed by atoms with Crippen molar-refractivity contribution in [3.05, 3.63) is 430 Å². The Labute approximate surface area is 761 Å². The lowest BCUT2D eigenvalue weighted by Gasteiger charge is -2.21. The van der Waals surface area contributed by atoms with Gasteiger partial charge in [0.05, 0.1) is 40.9 Å². The van der Waals surface area contributed by atoms with Gasteiger partial charge in [-0.15, -0.1) is 23.4 Å². The number of ether oxygens (including phenoxy) is 6. The summed E-state index contributed by atoms with van der Waals surface area (Å²) >= 11 is 15.2. The lowest BCUT2D eigenvalue weighted by atomic mass is 9.99. The summed E-state index contributed by atoms with van der Waals surface area (Å²) in [7, 11) is 3.39. The van der Waals surface area contributed by atoms with Gasteiger partial charge in [0.1, 0.15) is 55.8 Å². The molecular weight excluding hydrogens is 1730 g/mol. The average Bonchev–Trinajstić information content (AvgIpc) is 0.967. The number of ketones is 4. The van der Waals surface area contributed by atoms with Crippen molar-refractivity contribution in [2.24, 2.45) is 0 Å². The number of carbonyl (C=O) groups is 10. The van der Waals surface area contributed by atoms with Crippen molar-refractivity contribution in [2.45, 2.75) is 33.0 Å². The van der Waals surface area contributed by atoms with Gasteiger partial charge in [0.15, 0.2) is 28.6 Å². The number of hydrogen-bond donors (Lipinski definition) is 0. The van der Waals surface area contributed by atoms with Crippen molar-refractivity contribution in [1.29, 1.82) is 0 Å². The van der Waals surface area contributed by atoms with E-state index in [1.807, 2.05) is 96.9 Å². The van der Waals surface area contributed by atoms with Gasteiger partial charge in [-0.3, -0.25) is 33.6 Å². The first-order valence-corrected chi connectivity index (χ1v) is 42.0. The Morgan fingerprint density at radius 2 is 0.885 bits per heavy atom. The number of fused-ring (bicyclic) bond motifs is 13. The Morgan fingerprint density at radius 1 is 0.408 bits per heavy atom. The normalized spacial score (nSPS) is 13.6. The van der Waals surface area contributed by atoms with Crippen molar-refractivity contribution in [3.63, 3.8) is 0 Å². The second kappa shape index (κ2) is 41.1. The van der Waals surface area contributed by atoms with E-state index in [0.29, 0.717) is 152 Å². The van der Waals surface area contributed by atoms with Crippen molar-refractivity contribution < 1.29 is 85.2 Å². The molecule has 1 amide bonds. The van der Waals surface area contributed by atoms with E-state index in [1.165, 1.54) is 41.7 Å². The zero-order valence-electron chi connectivity index (χ0n) is 69.4. The van der Waals surface area contributed by atoms with Gasteiger partial charge in [-0.25, -0.2) is 24.0 Å². The predicted octanol–water partition coefficient (Wildman–Crippen LogP) is 21.4. The third-order valence-electron chi connectivity index (χ3n) is 20.4. The number of alkyl halides is 1. The van der Waals surface area contributed by atoms with Gasteiger partial charge < -0.3 is 47.1 Å². The first kappa shape index (κ1) is 91.8. The number of esters is 5. The van der Waals surface area contributed by atoms with Gasteiger partial charge in [0, 0.05) is 127 Å². The molecule has 0 spiro atoms. The van der Waals surface area contributed by atoms with Gasteiger partial charge in [-0.05, 0) is 155 Å². The molecule has 0 bridgehead atoms. The number of benzene rings is 12. The topological polar surface area (TPSA) is 293 Å². The Morgan fingerprint density at radius 3 is 1.52 bits per heavy atom. The minimum atomic E-state index is -0.589. The van der Waals surface area contributed by atoms with E-state index in [1.54, 1.807) is 158 Å². The monoisotopic (exact) mass is 1800 g/mol. The summed E-state index contributed by atoms with van der Waals surface area (Å²) in [5.41, 5.74) is 9.19. The fourth-order valence-corrected chi connectivity index (χ4v) is 16.8. The number of thioether (sulfide) groups is 2. The highest BCUT2D eigenvalue weighted by Crippen LogP contribution is 2.47. The molecule has 14 aromatic rings. The summed E-state index contributed by atoms with van der Waals surface area (Å²) in [6.45, 7) is 28.8. The number of rotatable bonds is 12. The van der Waals surface area contributed by atoms with Gasteiger partial charge in [-0.2, -0.15) is 0 Å². The molecule has 4 aliphatic heterocycles. The van der Waals surface area contributed by atoms with E-state index < -0.39 is 35.3 Å². The summed E-state index contributed by atoms with van der Waals surface area (Å²) in [6.07, 6.45) is 6.65. The van der Waals surface area contributed by atoms with Crippen LogP contribution in [0.5, 0.6) is 28.7 Å². The van der Waals surface area contributed by atoms with E-state index in [4.69, 9.17) is 60.5 Å². The molecule has 2 atom stereocenters. The SMILES string of the molecule is C=CC(=O)N1Cc2ccc(Cl)cc2C(=O)c2ccccc21.C=CC(=O)OC1Sc2ccccc2C(=O)c2ccccc21.C=CC(=O)Oc1ccc2c(=O)c3c(ccc4ccccc43)oc2c1.C=CC(=O)Oc1ccc2c(c1)C(=O)C(=C)C(=C)N(C)C2.C=CC(=O)Oc1ccc2c(c1)C(=O)c1ccccc1SC2Cl.C=CC(=O)Oc1ccc2oc3cc(OC)ccc3c(=O)c2c1. The number of allylic oxidation sites excluding steroid dienone is 1. The van der Waals surface area contributed by atoms with Crippen LogP contribution in [0.1, 0.15) is 90.5 Å². The molecule has 2 aromatic heterocycles. The molecule has 0 N–H and O–H groups in total. The fourth-order valence-electron chi connectivity index (χ4n) is 13.9. The smallest absolute Gasteiger partial charge is 0.335 e. The van der Waals surface area contributed by atoms with Crippen LogP contribution in [0, 0.1) is 0 Å². The van der Waals surface area contributed by atoms with Crippen molar-refractivity contribution in [2.75, 3.05) is 19.1 Å². The number of Topliss-reactive ketones (excluding diaryl/α,β-unsaturated/α-hetero) is 1. The molecule has 0 fully saturated rings. The Balaban J connectivity index is 0.000000133. The van der Waals surface area contributed by atoms with Gasteiger partial charge in [0.2, 0.25) is 10.9 Å². The molecule has 0 radical (unpaired) electrons. The summed E-state index contributed by atoms with van der Waals surface area (Å²) in [5, 5.41) is 4.10. The average molecular weight is 1810 g/mol. The molecule has 4 aliphatic rings. The van der Waals surface area contributed by atoms with Gasteiger partial charge >= 0.3 is 29.8 Å². The van der Waals surface area contributed by atoms with Crippen LogP contribution in [-0.4, -0.2) is 77.9 Å². The Kier molecular flexibility index (Phi) is 29.0. The molecule has 0 saturated carbocycles. The van der Waals surface area contributed by atoms with E-state index in [0.717, 1.165) is 62.1 Å². The lowest BCUT2D eigenvalue weighted by molar-refractivity contribution is -0.139. The van der Waals surface area contributed by atoms with E-state index in [-0.39, 0.29) is 50.4 Å². The second-order valence-electron chi connectivity index (χ2n) is 28.4. The molecule has 130 heavy (non-hydrogen) atoms. The summed E-state index contributed by atoms with van der Waals surface area (Å²) < 4.78 is 41.9. The number of amides is 1. The number of methoxy groups -OCH3 is 1. The number of nitrogens with zero attached hydrogens (tertiary/aromatic N) is 2. The van der Waals surface area contributed by atoms with Crippen LogP contribution in [-0.2, 0) is 46.6 Å². The van der Waals surface area contributed by atoms with Crippen LogP contribution in [0.3, 0.4) is 0 Å². The molecule has 22 nitrogen and oxygen atoms in total. The van der Waals surface area contributed by atoms with Crippen LogP contribution in [0.15, 0.2) is 371 Å². The number of para-hydroxylation sites is 1. The minimum Gasteiger partial charge on any atom is -0.497 e. The number of likely N-dealkylation sites (N-methyl/N-ethyl adjacent to an activating group) is 1. The number of hydrogen-bond acceptors (Lipinski definition) is 23. The molecule has 18 rings (SSSR count). The molecule has 26 heteroatoms. The second-order valence-corrected chi connectivity index (χ2v) is 31.8. The molecule has 2 unspecified atom stereocenters. The highest BCUT2D eigenvalue weighted by molar-refractivity contribution is 8.00. The number of halogens is 2. The van der Waals surface area contributed by atoms with Crippen LogP contribution in [0.2, 0.25) is 5.02 Å². The summed E-state index contributed by atoms with van der Waals surface area (Å²) in [4.78, 5) is 150. The largest absolute Gasteiger partial charge is 0.497 e. The van der Waals surface area contributed by atoms with Crippen LogP contribution in [0.25, 0.3) is 54.6 Å². The van der Waals surface area contributed by atoms with Crippen molar-refractivity contribution in [3.8, 4) is 28.7 Å². The Hall–Kier alpha value is -15.9. The summed E-state index contributed by atoms with van der Waals surface area (Å²) in [6, 6.07) is 69.6. The van der Waals surface area contributed by atoms with E-state index >= 15 is 0 Å². The number of anilines is 1. The van der Waals surface area contributed by atoms with Crippen LogP contribution in [0.4, 0.5) is 5.69 Å². The van der Waals surface area contributed by atoms with E-state index in [2.05, 4.69) is 52.6 Å². The minimum absolute atomic E-state index is 0.0501. The molecular formula is C104H74Cl2N2O20S2. The number of carbonyl (C=O) groups excluding carboxylic acids is 10. The molecule has 646 valence electrons. The van der Waals surface area contributed by atoms with Crippen molar-refractivity contribution >= 4 is 166 Å². The lowest BCUT2D eigenvalue weighted by Crippen LogP contribution is -2.28. The molecule has 0 aliphatic carbocycles. The molecule has 12 aromatic carbocycles. The van der Waals surface area contributed by atoms with Crippen LogP contribution >= 0.6 is 46.7 Å². The zero-order valence-corrected chi connectivity index (χ0v) is 72.6. The van der Waals surface area contributed by atoms with Gasteiger partial charge in [-0.1, -0.05) is 185 Å². The quantitative estimate of drug-likeness (QED) is 0.0274. The van der Waals surface area contributed by atoms with Gasteiger partial charge in [0.25, 0.3) is 5.91 Å². The highest BCUT2D eigenvalue weighted by atomic mass is 35.5. The van der Waals surface area contributed by atoms with Crippen LogP contribution < -0.4 is 39.4 Å². The highest BCUT2D eigenvalue weighted by Gasteiger charge is 2.33. The fraction of sp³-hybridized carbons (Fsp3) is 0.0577. The maximum Gasteiger partial charge on any atom is 0.335 e. The third kappa shape index (κ3) is 20.5. The molecule has 0 saturated heterocycles. The molecule has 6 heterocycles.